The molecule has 1 aromatic heterocycles. The Kier molecular flexibility index (Phi) is 3.06. The van der Waals surface area contributed by atoms with Crippen LogP contribution in [0.4, 0.5) is 4.39 Å². The third-order valence-corrected chi connectivity index (χ3v) is 2.31. The van der Waals surface area contributed by atoms with Gasteiger partial charge in [0.2, 0.25) is 5.69 Å². The Balaban J connectivity index is 2.22. The lowest BCUT2D eigenvalue weighted by molar-refractivity contribution is 0.0689. The first-order valence-corrected chi connectivity index (χ1v) is 5.02. The van der Waals surface area contributed by atoms with Gasteiger partial charge in [0.05, 0.1) is 6.54 Å². The number of hydrogen-bond donors (Lipinski definition) is 1. The van der Waals surface area contributed by atoms with Gasteiger partial charge in [-0.1, -0.05) is 23.7 Å². The molecule has 0 radical (unpaired) electrons. The van der Waals surface area contributed by atoms with Crippen LogP contribution in [0.2, 0.25) is 5.15 Å². The minimum absolute atomic E-state index is 0.167. The maximum absolute atomic E-state index is 12.7. The number of nitrogens with zero attached hydrogens (tertiary/aromatic N) is 3. The van der Waals surface area contributed by atoms with Crippen molar-refractivity contribution in [2.75, 3.05) is 0 Å². The van der Waals surface area contributed by atoms with E-state index in [-0.39, 0.29) is 23.2 Å². The Morgan fingerprint density at radius 3 is 2.53 bits per heavy atom. The highest BCUT2D eigenvalue weighted by Crippen LogP contribution is 2.11. The summed E-state index contributed by atoms with van der Waals surface area (Å²) >= 11 is 5.60. The van der Waals surface area contributed by atoms with Crippen molar-refractivity contribution in [1.82, 2.24) is 15.0 Å². The van der Waals surface area contributed by atoms with Crippen molar-refractivity contribution >= 4 is 17.6 Å². The van der Waals surface area contributed by atoms with E-state index in [0.29, 0.717) is 0 Å². The molecule has 0 atom stereocenters. The van der Waals surface area contributed by atoms with Gasteiger partial charge in [-0.3, -0.25) is 0 Å². The maximum Gasteiger partial charge on any atom is 0.359 e. The lowest BCUT2D eigenvalue weighted by Gasteiger charge is -1.99. The topological polar surface area (TPSA) is 68.0 Å². The molecule has 1 aromatic carbocycles. The molecule has 2 rings (SSSR count). The summed E-state index contributed by atoms with van der Waals surface area (Å²) in [6, 6.07) is 5.73. The first kappa shape index (κ1) is 11.5. The number of carboxylic acids is 1. The number of aromatic carboxylic acids is 1. The van der Waals surface area contributed by atoms with Crippen LogP contribution in [0.5, 0.6) is 0 Å². The molecule has 88 valence electrons. The van der Waals surface area contributed by atoms with Gasteiger partial charge >= 0.3 is 5.97 Å². The molecule has 17 heavy (non-hydrogen) atoms. The molecule has 0 unspecified atom stereocenters. The number of rotatable bonds is 3. The predicted octanol–water partition coefficient (Wildman–Crippen LogP) is 1.82. The van der Waals surface area contributed by atoms with Crippen LogP contribution in [0.15, 0.2) is 24.3 Å². The average molecular weight is 256 g/mol. The van der Waals surface area contributed by atoms with E-state index in [1.165, 1.54) is 12.1 Å². The Hall–Kier alpha value is -1.95. The first-order chi connectivity index (χ1) is 8.06. The fraction of sp³-hybridized carbons (Fsp3) is 0.100. The van der Waals surface area contributed by atoms with E-state index in [9.17, 15) is 9.18 Å². The number of carboxylic acid groups (broad SMARTS) is 1. The Bertz CT molecular complexity index is 553. The number of carbonyl (C=O) groups is 1. The average Bonchev–Trinajstić information content (AvgIpc) is 2.63. The highest BCUT2D eigenvalue weighted by Gasteiger charge is 2.15. The highest BCUT2D eigenvalue weighted by molar-refractivity contribution is 6.31. The third-order valence-electron chi connectivity index (χ3n) is 2.05. The summed E-state index contributed by atoms with van der Waals surface area (Å²) in [7, 11) is 0. The zero-order valence-corrected chi connectivity index (χ0v) is 9.23. The van der Waals surface area contributed by atoms with Crippen LogP contribution in [-0.2, 0) is 6.54 Å². The van der Waals surface area contributed by atoms with Gasteiger partial charge in [0.1, 0.15) is 5.82 Å². The fourth-order valence-electron chi connectivity index (χ4n) is 1.28. The van der Waals surface area contributed by atoms with E-state index in [2.05, 4.69) is 10.2 Å². The SMILES string of the molecule is O=C(O)c1nn(Cc2ccc(F)cc2)nc1Cl. The second-order valence-corrected chi connectivity index (χ2v) is 3.66. The van der Waals surface area contributed by atoms with E-state index >= 15 is 0 Å². The van der Waals surface area contributed by atoms with Crippen molar-refractivity contribution in [3.63, 3.8) is 0 Å². The lowest BCUT2D eigenvalue weighted by atomic mass is 10.2. The van der Waals surface area contributed by atoms with Crippen LogP contribution in [0.1, 0.15) is 16.1 Å². The van der Waals surface area contributed by atoms with Gasteiger partial charge in [-0.05, 0) is 17.7 Å². The zero-order chi connectivity index (χ0) is 12.4. The summed E-state index contributed by atoms with van der Waals surface area (Å²) in [6.07, 6.45) is 0. The molecule has 0 saturated carbocycles. The standard InChI is InChI=1S/C10H7ClFN3O2/c11-9-8(10(16)17)13-15(14-9)5-6-1-3-7(12)4-2-6/h1-4H,5H2,(H,16,17). The highest BCUT2D eigenvalue weighted by atomic mass is 35.5. The van der Waals surface area contributed by atoms with Crippen molar-refractivity contribution in [3.05, 3.63) is 46.5 Å². The van der Waals surface area contributed by atoms with E-state index in [1.807, 2.05) is 0 Å². The Labute approximate surface area is 100 Å². The van der Waals surface area contributed by atoms with Crippen LogP contribution >= 0.6 is 11.6 Å². The van der Waals surface area contributed by atoms with Gasteiger partial charge in [-0.15, -0.1) is 10.2 Å². The largest absolute Gasteiger partial charge is 0.476 e. The van der Waals surface area contributed by atoms with E-state index < -0.39 is 5.97 Å². The van der Waals surface area contributed by atoms with Crippen LogP contribution in [0, 0.1) is 5.82 Å². The van der Waals surface area contributed by atoms with Crippen molar-refractivity contribution < 1.29 is 14.3 Å². The summed E-state index contributed by atoms with van der Waals surface area (Å²) in [6.45, 7) is 0.229. The second-order valence-electron chi connectivity index (χ2n) is 3.30. The quantitative estimate of drug-likeness (QED) is 0.908. The minimum atomic E-state index is -1.24. The van der Waals surface area contributed by atoms with Gasteiger partial charge in [0.25, 0.3) is 0 Å². The summed E-state index contributed by atoms with van der Waals surface area (Å²) in [5, 5.41) is 16.0. The Morgan fingerprint density at radius 1 is 1.35 bits per heavy atom. The molecule has 1 heterocycles. The van der Waals surface area contributed by atoms with E-state index in [4.69, 9.17) is 16.7 Å². The van der Waals surface area contributed by atoms with Gasteiger partial charge in [-0.25, -0.2) is 9.18 Å². The molecule has 0 aliphatic rings. The molecule has 0 aliphatic heterocycles. The summed E-state index contributed by atoms with van der Waals surface area (Å²) < 4.78 is 12.7. The first-order valence-electron chi connectivity index (χ1n) is 4.64. The molecule has 0 amide bonds. The van der Waals surface area contributed by atoms with Crippen LogP contribution in [0.25, 0.3) is 0 Å². The molecule has 0 spiro atoms. The molecule has 0 bridgehead atoms. The number of benzene rings is 1. The minimum Gasteiger partial charge on any atom is -0.476 e. The van der Waals surface area contributed by atoms with Gasteiger partial charge in [-0.2, -0.15) is 4.80 Å². The van der Waals surface area contributed by atoms with Gasteiger partial charge < -0.3 is 5.11 Å². The molecule has 2 aromatic rings. The smallest absolute Gasteiger partial charge is 0.359 e. The molecular weight excluding hydrogens is 249 g/mol. The van der Waals surface area contributed by atoms with E-state index in [0.717, 1.165) is 10.4 Å². The molecule has 5 nitrogen and oxygen atoms in total. The predicted molar refractivity (Wildman–Crippen MR) is 57.5 cm³/mol. The molecule has 0 aliphatic carbocycles. The number of aromatic nitrogens is 3. The third kappa shape index (κ3) is 2.59. The molecule has 0 fully saturated rings. The van der Waals surface area contributed by atoms with Crippen LogP contribution in [-0.4, -0.2) is 26.1 Å². The summed E-state index contributed by atoms with van der Waals surface area (Å²) in [5.74, 6) is -1.58. The molecule has 0 saturated heterocycles. The van der Waals surface area contributed by atoms with Crippen LogP contribution < -0.4 is 0 Å². The molecular formula is C10H7ClFN3O2. The summed E-state index contributed by atoms with van der Waals surface area (Å²) in [5.41, 5.74) is 0.448. The monoisotopic (exact) mass is 255 g/mol. The van der Waals surface area contributed by atoms with Gasteiger partial charge in [0, 0.05) is 0 Å². The maximum atomic E-state index is 12.7. The number of halogens is 2. The second kappa shape index (κ2) is 4.50. The van der Waals surface area contributed by atoms with Crippen LogP contribution in [0.3, 0.4) is 0 Å². The van der Waals surface area contributed by atoms with Crippen molar-refractivity contribution in [1.29, 1.82) is 0 Å². The normalized spacial score (nSPS) is 10.5. The zero-order valence-electron chi connectivity index (χ0n) is 8.47. The Morgan fingerprint density at radius 2 is 2.00 bits per heavy atom. The van der Waals surface area contributed by atoms with Gasteiger partial charge in [0.15, 0.2) is 5.15 Å². The van der Waals surface area contributed by atoms with Crippen molar-refractivity contribution in [2.24, 2.45) is 0 Å². The summed E-state index contributed by atoms with van der Waals surface area (Å²) in [4.78, 5) is 11.8. The molecule has 1 N–H and O–H groups in total. The number of hydrogen-bond acceptors (Lipinski definition) is 3. The fourth-order valence-corrected chi connectivity index (χ4v) is 1.49. The lowest BCUT2D eigenvalue weighted by Crippen LogP contribution is -2.05. The van der Waals surface area contributed by atoms with Crippen molar-refractivity contribution in [3.8, 4) is 0 Å². The van der Waals surface area contributed by atoms with Crippen molar-refractivity contribution in [2.45, 2.75) is 6.54 Å². The van der Waals surface area contributed by atoms with E-state index in [1.54, 1.807) is 12.1 Å². The molecule has 7 heteroatoms.